The number of halogens is 1. The van der Waals surface area contributed by atoms with Crippen LogP contribution in [0.3, 0.4) is 0 Å². The van der Waals surface area contributed by atoms with Crippen molar-refractivity contribution >= 4 is 18.3 Å². The van der Waals surface area contributed by atoms with Gasteiger partial charge in [-0.3, -0.25) is 9.78 Å². The van der Waals surface area contributed by atoms with Crippen LogP contribution in [0.25, 0.3) is 0 Å². The number of nitrogens with two attached hydrogens (primary N) is 1. The van der Waals surface area contributed by atoms with Crippen molar-refractivity contribution in [3.8, 4) is 0 Å². The molecule has 1 heterocycles. The summed E-state index contributed by atoms with van der Waals surface area (Å²) in [6.45, 7) is 1.21. The molecule has 1 amide bonds. The van der Waals surface area contributed by atoms with Gasteiger partial charge in [0.25, 0.3) is 5.91 Å². The normalized spacial score (nSPS) is 34.0. The second-order valence-electron chi connectivity index (χ2n) is 7.84. The topological polar surface area (TPSA) is 68.0 Å². The molecule has 0 aromatic carbocycles. The molecule has 0 atom stereocenters. The number of hydrogen-bond donors (Lipinski definition) is 2. The average Bonchev–Trinajstić information content (AvgIpc) is 2.51. The third-order valence-electron chi connectivity index (χ3n) is 6.08. The van der Waals surface area contributed by atoms with Gasteiger partial charge in [0.2, 0.25) is 0 Å². The number of carbonyl (C=O) groups excluding carboxylic acids is 1. The minimum absolute atomic E-state index is 0. The summed E-state index contributed by atoms with van der Waals surface area (Å²) < 4.78 is 0. The van der Waals surface area contributed by atoms with Crippen LogP contribution in [0.4, 0.5) is 0 Å². The molecule has 1 aromatic heterocycles. The average molecular weight is 336 g/mol. The highest BCUT2D eigenvalue weighted by Gasteiger charge is 2.50. The van der Waals surface area contributed by atoms with E-state index in [1.54, 1.807) is 18.3 Å². The van der Waals surface area contributed by atoms with E-state index >= 15 is 0 Å². The smallest absolute Gasteiger partial charge is 0.251 e. The van der Waals surface area contributed by atoms with Crippen molar-refractivity contribution in [3.63, 3.8) is 0 Å². The van der Waals surface area contributed by atoms with Crippen molar-refractivity contribution in [3.05, 3.63) is 29.6 Å². The van der Waals surface area contributed by atoms with Gasteiger partial charge < -0.3 is 11.1 Å². The molecule has 0 radical (unpaired) electrons. The molecule has 23 heavy (non-hydrogen) atoms. The van der Waals surface area contributed by atoms with E-state index < -0.39 is 0 Å². The quantitative estimate of drug-likeness (QED) is 0.889. The minimum atomic E-state index is 0. The van der Waals surface area contributed by atoms with E-state index in [4.69, 9.17) is 5.73 Å². The zero-order valence-electron chi connectivity index (χ0n) is 13.5. The summed E-state index contributed by atoms with van der Waals surface area (Å²) in [6, 6.07) is 3.57. The number of aromatic nitrogens is 1. The largest absolute Gasteiger partial charge is 0.351 e. The van der Waals surface area contributed by atoms with Gasteiger partial charge in [-0.25, -0.2) is 0 Å². The number of amides is 1. The molecule has 126 valence electrons. The summed E-state index contributed by atoms with van der Waals surface area (Å²) in [6.07, 6.45) is 9.96. The maximum atomic E-state index is 12.4. The second-order valence-corrected chi connectivity index (χ2v) is 7.84. The predicted molar refractivity (Wildman–Crippen MR) is 92.3 cm³/mol. The van der Waals surface area contributed by atoms with Crippen molar-refractivity contribution in [2.75, 3.05) is 6.54 Å². The van der Waals surface area contributed by atoms with E-state index in [0.29, 0.717) is 17.5 Å². The molecule has 4 bridgehead atoms. The van der Waals surface area contributed by atoms with Crippen LogP contribution < -0.4 is 11.1 Å². The minimum Gasteiger partial charge on any atom is -0.351 e. The fourth-order valence-corrected chi connectivity index (χ4v) is 5.61. The maximum absolute atomic E-state index is 12.4. The van der Waals surface area contributed by atoms with Crippen LogP contribution in [0, 0.1) is 23.2 Å². The summed E-state index contributed by atoms with van der Waals surface area (Å²) in [5, 5.41) is 3.20. The summed E-state index contributed by atoms with van der Waals surface area (Å²) in [4.78, 5) is 16.6. The fourth-order valence-electron chi connectivity index (χ4n) is 5.61. The molecule has 4 aliphatic carbocycles. The van der Waals surface area contributed by atoms with E-state index in [1.165, 1.54) is 38.5 Å². The molecular formula is C18H26ClN3O. The van der Waals surface area contributed by atoms with Gasteiger partial charge >= 0.3 is 0 Å². The Labute approximate surface area is 144 Å². The standard InChI is InChI=1S/C18H25N3O.ClH/c19-10-16-6-15(1-2-20-16)17(22)21-11-18-7-12-3-13(8-18)5-14(4-12)9-18;/h1-2,6,12-14H,3-5,7-11,19H2,(H,21,22);1H. The van der Waals surface area contributed by atoms with Gasteiger partial charge in [0.05, 0.1) is 5.69 Å². The Morgan fingerprint density at radius 1 is 1.22 bits per heavy atom. The third-order valence-corrected chi connectivity index (χ3v) is 6.08. The number of hydrogen-bond acceptors (Lipinski definition) is 3. The van der Waals surface area contributed by atoms with Gasteiger partial charge in [0.15, 0.2) is 0 Å². The molecular weight excluding hydrogens is 310 g/mol. The first-order valence-electron chi connectivity index (χ1n) is 8.59. The lowest BCUT2D eigenvalue weighted by Gasteiger charge is -2.56. The number of nitrogens with one attached hydrogen (secondary N) is 1. The molecule has 4 aliphatic rings. The van der Waals surface area contributed by atoms with E-state index in [0.717, 1.165) is 30.0 Å². The highest BCUT2D eigenvalue weighted by molar-refractivity contribution is 5.94. The summed E-state index contributed by atoms with van der Waals surface area (Å²) in [5.41, 5.74) is 7.43. The molecule has 3 N–H and O–H groups in total. The number of carbonyl (C=O) groups is 1. The Hall–Kier alpha value is -1.13. The van der Waals surface area contributed by atoms with Gasteiger partial charge in [-0.05, 0) is 73.8 Å². The second kappa shape index (κ2) is 6.40. The van der Waals surface area contributed by atoms with Crippen LogP contribution in [0.5, 0.6) is 0 Å². The fraction of sp³-hybridized carbons (Fsp3) is 0.667. The first-order valence-corrected chi connectivity index (χ1v) is 8.59. The SMILES string of the molecule is Cl.NCc1cc(C(=O)NCC23CC4CC(CC(C4)C2)C3)ccn1. The molecule has 0 spiro atoms. The monoisotopic (exact) mass is 335 g/mol. The first kappa shape index (κ1) is 16.7. The Kier molecular flexibility index (Phi) is 4.65. The predicted octanol–water partition coefficient (Wildman–Crippen LogP) is 2.91. The Morgan fingerprint density at radius 2 is 1.83 bits per heavy atom. The summed E-state index contributed by atoms with van der Waals surface area (Å²) in [5.74, 6) is 2.79. The van der Waals surface area contributed by atoms with Gasteiger partial charge in [0, 0.05) is 24.8 Å². The lowest BCUT2D eigenvalue weighted by Crippen LogP contribution is -2.51. The van der Waals surface area contributed by atoms with Gasteiger partial charge in [-0.2, -0.15) is 0 Å². The van der Waals surface area contributed by atoms with Gasteiger partial charge in [0.1, 0.15) is 0 Å². The molecule has 5 rings (SSSR count). The highest BCUT2D eigenvalue weighted by Crippen LogP contribution is 2.59. The molecule has 1 aromatic rings. The van der Waals surface area contributed by atoms with Crippen LogP contribution in [-0.2, 0) is 6.54 Å². The van der Waals surface area contributed by atoms with Crippen LogP contribution in [0.1, 0.15) is 54.6 Å². The summed E-state index contributed by atoms with van der Waals surface area (Å²) >= 11 is 0. The molecule has 4 nitrogen and oxygen atoms in total. The number of rotatable bonds is 4. The highest BCUT2D eigenvalue weighted by atomic mass is 35.5. The van der Waals surface area contributed by atoms with Gasteiger partial charge in [-0.1, -0.05) is 0 Å². The van der Waals surface area contributed by atoms with Crippen molar-refractivity contribution in [1.82, 2.24) is 10.3 Å². The molecule has 5 heteroatoms. The molecule has 0 saturated heterocycles. The van der Waals surface area contributed by atoms with Crippen LogP contribution in [0.15, 0.2) is 18.3 Å². The molecule has 4 saturated carbocycles. The molecule has 4 fully saturated rings. The molecule has 0 aliphatic heterocycles. The van der Waals surface area contributed by atoms with E-state index in [9.17, 15) is 4.79 Å². The van der Waals surface area contributed by atoms with E-state index in [1.807, 2.05) is 0 Å². The van der Waals surface area contributed by atoms with Crippen LogP contribution in [0.2, 0.25) is 0 Å². The first-order chi connectivity index (χ1) is 10.7. The lowest BCUT2D eigenvalue weighted by molar-refractivity contribution is -0.0503. The number of nitrogens with zero attached hydrogens (tertiary/aromatic N) is 1. The van der Waals surface area contributed by atoms with E-state index in [-0.39, 0.29) is 18.3 Å². The van der Waals surface area contributed by atoms with Crippen molar-refractivity contribution in [2.24, 2.45) is 28.9 Å². The third kappa shape index (κ3) is 3.24. The Balaban J connectivity index is 0.00000156. The Bertz CT molecular complexity index is 554. The maximum Gasteiger partial charge on any atom is 0.251 e. The lowest BCUT2D eigenvalue weighted by atomic mass is 9.49. The van der Waals surface area contributed by atoms with Crippen LogP contribution in [-0.4, -0.2) is 17.4 Å². The molecule has 0 unspecified atom stereocenters. The number of pyridine rings is 1. The summed E-state index contributed by atoms with van der Waals surface area (Å²) in [7, 11) is 0. The Morgan fingerprint density at radius 3 is 2.39 bits per heavy atom. The zero-order chi connectivity index (χ0) is 15.2. The van der Waals surface area contributed by atoms with E-state index in [2.05, 4.69) is 10.3 Å². The van der Waals surface area contributed by atoms with Gasteiger partial charge in [-0.15, -0.1) is 12.4 Å². The zero-order valence-corrected chi connectivity index (χ0v) is 14.3. The van der Waals surface area contributed by atoms with Crippen molar-refractivity contribution in [2.45, 2.75) is 45.1 Å². The van der Waals surface area contributed by atoms with Crippen molar-refractivity contribution in [1.29, 1.82) is 0 Å². The van der Waals surface area contributed by atoms with Crippen molar-refractivity contribution < 1.29 is 4.79 Å². The van der Waals surface area contributed by atoms with Crippen LogP contribution >= 0.6 is 12.4 Å².